The number of carbonyl (C=O) groups is 1. The van der Waals surface area contributed by atoms with Gasteiger partial charge in [0.25, 0.3) is 5.91 Å². The largest absolute Gasteiger partial charge is 0.484 e. The minimum Gasteiger partial charge on any atom is -0.484 e. The van der Waals surface area contributed by atoms with Gasteiger partial charge >= 0.3 is 0 Å². The van der Waals surface area contributed by atoms with Gasteiger partial charge in [-0.15, -0.1) is 0 Å². The fraction of sp³-hybridized carbons (Fsp3) is 0.417. The van der Waals surface area contributed by atoms with E-state index in [0.29, 0.717) is 17.2 Å². The molecule has 4 N–H and O–H groups in total. The molecule has 0 aliphatic carbocycles. The van der Waals surface area contributed by atoms with Crippen molar-refractivity contribution in [3.8, 4) is 5.75 Å². The molecule has 1 aromatic carbocycles. The third-order valence-corrected chi connectivity index (χ3v) is 2.63. The molecule has 0 fully saturated rings. The summed E-state index contributed by atoms with van der Waals surface area (Å²) in [7, 11) is 0. The second-order valence-corrected chi connectivity index (χ2v) is 4.32. The number of amides is 1. The molecule has 1 atom stereocenters. The molecule has 0 saturated heterocycles. The SMILES string of the molecule is CCC(N)Cc1cc(Cl)ccc1OCC(N)=O. The van der Waals surface area contributed by atoms with E-state index in [0.717, 1.165) is 12.0 Å². The third-order valence-electron chi connectivity index (χ3n) is 2.40. The van der Waals surface area contributed by atoms with Crippen molar-refractivity contribution in [2.24, 2.45) is 11.5 Å². The van der Waals surface area contributed by atoms with E-state index in [9.17, 15) is 4.79 Å². The number of halogens is 1. The maximum Gasteiger partial charge on any atom is 0.255 e. The standard InChI is InChI=1S/C12H17ClN2O2/c1-2-10(14)6-8-5-9(13)3-4-11(8)17-7-12(15)16/h3-5,10H,2,6-7,14H2,1H3,(H2,15,16). The van der Waals surface area contributed by atoms with Crippen molar-refractivity contribution in [3.63, 3.8) is 0 Å². The Kier molecular flexibility index (Phi) is 5.25. The number of carbonyl (C=O) groups excluding carboxylic acids is 1. The molecule has 17 heavy (non-hydrogen) atoms. The Morgan fingerprint density at radius 1 is 1.53 bits per heavy atom. The number of nitrogens with two attached hydrogens (primary N) is 2. The zero-order valence-corrected chi connectivity index (χ0v) is 10.5. The van der Waals surface area contributed by atoms with E-state index in [1.807, 2.05) is 6.92 Å². The van der Waals surface area contributed by atoms with E-state index in [-0.39, 0.29) is 12.6 Å². The van der Waals surface area contributed by atoms with E-state index in [1.54, 1.807) is 18.2 Å². The molecule has 0 aliphatic heterocycles. The Morgan fingerprint density at radius 2 is 2.24 bits per heavy atom. The van der Waals surface area contributed by atoms with E-state index in [2.05, 4.69) is 0 Å². The molecule has 1 unspecified atom stereocenters. The van der Waals surface area contributed by atoms with Gasteiger partial charge in [-0.2, -0.15) is 0 Å². The van der Waals surface area contributed by atoms with Crippen LogP contribution in [0.25, 0.3) is 0 Å². The van der Waals surface area contributed by atoms with Crippen molar-refractivity contribution >= 4 is 17.5 Å². The summed E-state index contributed by atoms with van der Waals surface area (Å²) in [4.78, 5) is 10.7. The minimum absolute atomic E-state index is 0.0457. The van der Waals surface area contributed by atoms with Gasteiger partial charge in [-0.1, -0.05) is 18.5 Å². The molecule has 1 rings (SSSR count). The third kappa shape index (κ3) is 4.63. The van der Waals surface area contributed by atoms with Crippen LogP contribution in [0.1, 0.15) is 18.9 Å². The summed E-state index contributed by atoms with van der Waals surface area (Å²) in [5.74, 6) is 0.0998. The van der Waals surface area contributed by atoms with Gasteiger partial charge in [-0.3, -0.25) is 4.79 Å². The molecule has 0 radical (unpaired) electrons. The normalized spacial score (nSPS) is 12.2. The smallest absolute Gasteiger partial charge is 0.255 e. The Hall–Kier alpha value is -1.26. The van der Waals surface area contributed by atoms with Crippen LogP contribution in [0, 0.1) is 0 Å². The highest BCUT2D eigenvalue weighted by atomic mass is 35.5. The van der Waals surface area contributed by atoms with Crippen molar-refractivity contribution in [1.29, 1.82) is 0 Å². The molecule has 0 aromatic heterocycles. The number of hydrogen-bond donors (Lipinski definition) is 2. The maximum atomic E-state index is 10.7. The van der Waals surface area contributed by atoms with Crippen LogP contribution in [0.3, 0.4) is 0 Å². The zero-order chi connectivity index (χ0) is 12.8. The second kappa shape index (κ2) is 6.47. The van der Waals surface area contributed by atoms with Crippen LogP contribution in [0.5, 0.6) is 5.75 Å². The molecular weight excluding hydrogens is 240 g/mol. The van der Waals surface area contributed by atoms with Crippen molar-refractivity contribution in [3.05, 3.63) is 28.8 Å². The van der Waals surface area contributed by atoms with Gasteiger partial charge in [-0.05, 0) is 36.6 Å². The van der Waals surface area contributed by atoms with Gasteiger partial charge in [0.15, 0.2) is 6.61 Å². The number of ether oxygens (including phenoxy) is 1. The zero-order valence-electron chi connectivity index (χ0n) is 9.78. The first-order valence-corrected chi connectivity index (χ1v) is 5.85. The van der Waals surface area contributed by atoms with Gasteiger partial charge in [0.1, 0.15) is 5.75 Å². The summed E-state index contributed by atoms with van der Waals surface area (Å²) in [6.45, 7) is 1.87. The molecule has 1 amide bonds. The van der Waals surface area contributed by atoms with Crippen LogP contribution < -0.4 is 16.2 Å². The van der Waals surface area contributed by atoms with Gasteiger partial charge in [0.05, 0.1) is 0 Å². The van der Waals surface area contributed by atoms with Crippen LogP contribution in [-0.4, -0.2) is 18.6 Å². The number of rotatable bonds is 6. The molecule has 0 heterocycles. The van der Waals surface area contributed by atoms with E-state index < -0.39 is 5.91 Å². The summed E-state index contributed by atoms with van der Waals surface area (Å²) >= 11 is 5.92. The van der Waals surface area contributed by atoms with Crippen LogP contribution in [-0.2, 0) is 11.2 Å². The highest BCUT2D eigenvalue weighted by molar-refractivity contribution is 6.30. The van der Waals surface area contributed by atoms with Crippen LogP contribution in [0.4, 0.5) is 0 Å². The minimum atomic E-state index is -0.509. The molecule has 5 heteroatoms. The van der Waals surface area contributed by atoms with Crippen molar-refractivity contribution < 1.29 is 9.53 Å². The Bertz CT molecular complexity index is 396. The topological polar surface area (TPSA) is 78.3 Å². The molecule has 94 valence electrons. The first-order chi connectivity index (χ1) is 8.02. The van der Waals surface area contributed by atoms with E-state index in [4.69, 9.17) is 27.8 Å². The molecule has 0 spiro atoms. The lowest BCUT2D eigenvalue weighted by atomic mass is 10.0. The van der Waals surface area contributed by atoms with E-state index >= 15 is 0 Å². The maximum absolute atomic E-state index is 10.7. The van der Waals surface area contributed by atoms with Gasteiger partial charge < -0.3 is 16.2 Å². The first kappa shape index (κ1) is 13.8. The number of hydrogen-bond acceptors (Lipinski definition) is 3. The monoisotopic (exact) mass is 256 g/mol. The first-order valence-electron chi connectivity index (χ1n) is 5.48. The van der Waals surface area contributed by atoms with Crippen molar-refractivity contribution in [2.45, 2.75) is 25.8 Å². The summed E-state index contributed by atoms with van der Waals surface area (Å²) in [6.07, 6.45) is 1.52. The van der Waals surface area contributed by atoms with Crippen molar-refractivity contribution in [1.82, 2.24) is 0 Å². The van der Waals surface area contributed by atoms with Gasteiger partial charge in [-0.25, -0.2) is 0 Å². The quantitative estimate of drug-likeness (QED) is 0.809. The van der Waals surface area contributed by atoms with Crippen LogP contribution in [0.15, 0.2) is 18.2 Å². The summed E-state index contributed by atoms with van der Waals surface area (Å²) in [5.41, 5.74) is 11.8. The molecule has 0 aliphatic rings. The van der Waals surface area contributed by atoms with Crippen LogP contribution in [0.2, 0.25) is 5.02 Å². The lowest BCUT2D eigenvalue weighted by Crippen LogP contribution is -2.23. The Labute approximate surface area is 106 Å². The average Bonchev–Trinajstić information content (AvgIpc) is 2.27. The number of primary amides is 1. The Balaban J connectivity index is 2.83. The Morgan fingerprint density at radius 3 is 2.82 bits per heavy atom. The second-order valence-electron chi connectivity index (χ2n) is 3.88. The van der Waals surface area contributed by atoms with E-state index in [1.165, 1.54) is 0 Å². The number of benzene rings is 1. The highest BCUT2D eigenvalue weighted by Crippen LogP contribution is 2.24. The summed E-state index contributed by atoms with van der Waals surface area (Å²) in [6, 6.07) is 5.28. The average molecular weight is 257 g/mol. The van der Waals surface area contributed by atoms with Gasteiger partial charge in [0, 0.05) is 11.1 Å². The van der Waals surface area contributed by atoms with Crippen LogP contribution >= 0.6 is 11.6 Å². The highest BCUT2D eigenvalue weighted by Gasteiger charge is 2.09. The molecule has 0 saturated carbocycles. The molecular formula is C12H17ClN2O2. The lowest BCUT2D eigenvalue weighted by Gasteiger charge is -2.14. The van der Waals surface area contributed by atoms with Gasteiger partial charge in [0.2, 0.25) is 0 Å². The fourth-order valence-corrected chi connectivity index (χ4v) is 1.62. The van der Waals surface area contributed by atoms with Crippen molar-refractivity contribution in [2.75, 3.05) is 6.61 Å². The predicted molar refractivity (Wildman–Crippen MR) is 68.1 cm³/mol. The molecule has 4 nitrogen and oxygen atoms in total. The molecule has 0 bridgehead atoms. The predicted octanol–water partition coefficient (Wildman–Crippen LogP) is 1.48. The summed E-state index contributed by atoms with van der Waals surface area (Å²) < 4.78 is 5.31. The summed E-state index contributed by atoms with van der Waals surface area (Å²) in [5, 5.41) is 0.620. The lowest BCUT2D eigenvalue weighted by molar-refractivity contribution is -0.119. The molecule has 1 aromatic rings. The fourth-order valence-electron chi connectivity index (χ4n) is 1.42.